The molecule has 1 aromatic heterocycles. The molecule has 106 valence electrons. The van der Waals surface area contributed by atoms with Gasteiger partial charge in [0.1, 0.15) is 18.7 Å². The highest BCUT2D eigenvalue weighted by molar-refractivity contribution is 6.76. The van der Waals surface area contributed by atoms with Crippen molar-refractivity contribution in [2.24, 2.45) is 0 Å². The molecule has 0 aliphatic rings. The van der Waals surface area contributed by atoms with Gasteiger partial charge in [-0.3, -0.25) is 0 Å². The number of ether oxygens (including phenoxy) is 1. The van der Waals surface area contributed by atoms with Crippen LogP contribution in [0.15, 0.2) is 19.1 Å². The van der Waals surface area contributed by atoms with Crippen LogP contribution >= 0.6 is 11.6 Å². The predicted octanol–water partition coefficient (Wildman–Crippen LogP) is 2.97. The van der Waals surface area contributed by atoms with Crippen LogP contribution in [0, 0.1) is 0 Å². The van der Waals surface area contributed by atoms with Gasteiger partial charge in [-0.2, -0.15) is 0 Å². The van der Waals surface area contributed by atoms with Gasteiger partial charge in [0, 0.05) is 20.9 Å². The van der Waals surface area contributed by atoms with Crippen LogP contribution in [0.3, 0.4) is 0 Å². The molecule has 1 rings (SSSR count). The number of rotatable bonds is 7. The minimum absolute atomic E-state index is 0.235. The molecule has 0 aliphatic heterocycles. The fraction of sp³-hybridized carbons (Fsp3) is 0.500. The first kappa shape index (κ1) is 15.9. The molecule has 0 saturated heterocycles. The predicted molar refractivity (Wildman–Crippen MR) is 83.1 cm³/mol. The zero-order valence-electron chi connectivity index (χ0n) is 11.7. The lowest BCUT2D eigenvalue weighted by atomic mass is 10.4. The van der Waals surface area contributed by atoms with E-state index in [-0.39, 0.29) is 5.15 Å². The summed E-state index contributed by atoms with van der Waals surface area (Å²) in [5.41, 5.74) is 6.17. The number of nitrogen functional groups attached to an aromatic ring is 1. The van der Waals surface area contributed by atoms with E-state index in [2.05, 4.69) is 36.2 Å². The summed E-state index contributed by atoms with van der Waals surface area (Å²) >= 11 is 5.86. The SMILES string of the molecule is C=CN(COCC[Si](C)(C)C)c1ncnc(Cl)c1N. The van der Waals surface area contributed by atoms with Crippen LogP contribution < -0.4 is 10.6 Å². The van der Waals surface area contributed by atoms with Gasteiger partial charge < -0.3 is 15.4 Å². The summed E-state index contributed by atoms with van der Waals surface area (Å²) in [6.07, 6.45) is 2.98. The number of nitrogens with two attached hydrogens (primary N) is 1. The van der Waals surface area contributed by atoms with Crippen molar-refractivity contribution in [3.63, 3.8) is 0 Å². The average molecular weight is 301 g/mol. The Bertz CT molecular complexity index is 436. The largest absolute Gasteiger partial charge is 0.393 e. The molecule has 0 unspecified atom stereocenters. The Labute approximate surface area is 120 Å². The number of anilines is 2. The van der Waals surface area contributed by atoms with E-state index in [0.717, 1.165) is 12.7 Å². The number of hydrogen-bond donors (Lipinski definition) is 1. The van der Waals surface area contributed by atoms with Crippen LogP contribution in [0.2, 0.25) is 30.8 Å². The maximum absolute atomic E-state index is 5.86. The van der Waals surface area contributed by atoms with E-state index in [4.69, 9.17) is 22.1 Å². The van der Waals surface area contributed by atoms with Gasteiger partial charge in [0.15, 0.2) is 11.0 Å². The summed E-state index contributed by atoms with van der Waals surface area (Å²) < 4.78 is 5.64. The summed E-state index contributed by atoms with van der Waals surface area (Å²) in [7, 11) is -1.08. The van der Waals surface area contributed by atoms with E-state index >= 15 is 0 Å². The highest BCUT2D eigenvalue weighted by Crippen LogP contribution is 2.25. The minimum Gasteiger partial charge on any atom is -0.393 e. The second kappa shape index (κ2) is 6.88. The van der Waals surface area contributed by atoms with Gasteiger partial charge in [-0.15, -0.1) is 0 Å². The molecule has 0 aliphatic carbocycles. The zero-order chi connectivity index (χ0) is 14.5. The van der Waals surface area contributed by atoms with Crippen molar-refractivity contribution in [2.75, 3.05) is 24.0 Å². The molecule has 19 heavy (non-hydrogen) atoms. The highest BCUT2D eigenvalue weighted by Gasteiger charge is 2.14. The molecule has 1 heterocycles. The van der Waals surface area contributed by atoms with Gasteiger partial charge in [0.25, 0.3) is 0 Å². The first-order chi connectivity index (χ1) is 8.85. The quantitative estimate of drug-likeness (QED) is 0.363. The molecule has 0 spiro atoms. The lowest BCUT2D eigenvalue weighted by Gasteiger charge is -2.22. The number of aromatic nitrogens is 2. The summed E-state index contributed by atoms with van der Waals surface area (Å²) in [6.45, 7) is 11.7. The Morgan fingerprint density at radius 2 is 2.16 bits per heavy atom. The van der Waals surface area contributed by atoms with Gasteiger partial charge in [-0.05, 0) is 6.04 Å². The molecular formula is C12H21ClN4OSi. The van der Waals surface area contributed by atoms with Crippen molar-refractivity contribution in [2.45, 2.75) is 25.7 Å². The molecule has 0 radical (unpaired) electrons. The van der Waals surface area contributed by atoms with Crippen LogP contribution in [-0.2, 0) is 4.74 Å². The molecule has 0 saturated carbocycles. The second-order valence-electron chi connectivity index (χ2n) is 5.40. The fourth-order valence-electron chi connectivity index (χ4n) is 1.34. The third-order valence-electron chi connectivity index (χ3n) is 2.53. The molecule has 0 aromatic carbocycles. The maximum atomic E-state index is 5.86. The van der Waals surface area contributed by atoms with Crippen molar-refractivity contribution in [1.29, 1.82) is 0 Å². The van der Waals surface area contributed by atoms with Crippen LogP contribution in [0.4, 0.5) is 11.5 Å². The van der Waals surface area contributed by atoms with E-state index in [1.54, 1.807) is 11.1 Å². The highest BCUT2D eigenvalue weighted by atomic mass is 35.5. The topological polar surface area (TPSA) is 64.3 Å². The maximum Gasteiger partial charge on any atom is 0.162 e. The first-order valence-electron chi connectivity index (χ1n) is 6.08. The van der Waals surface area contributed by atoms with Crippen molar-refractivity contribution in [3.05, 3.63) is 24.3 Å². The normalized spacial score (nSPS) is 11.4. The minimum atomic E-state index is -1.08. The molecule has 2 N–H and O–H groups in total. The Balaban J connectivity index is 2.59. The van der Waals surface area contributed by atoms with Gasteiger partial charge in [0.05, 0.1) is 0 Å². The summed E-state index contributed by atoms with van der Waals surface area (Å²) in [5, 5.41) is 0.235. The smallest absolute Gasteiger partial charge is 0.162 e. The van der Waals surface area contributed by atoms with Gasteiger partial charge in [0.2, 0.25) is 0 Å². The van der Waals surface area contributed by atoms with E-state index < -0.39 is 8.07 Å². The van der Waals surface area contributed by atoms with Gasteiger partial charge in [-0.1, -0.05) is 37.8 Å². The van der Waals surface area contributed by atoms with Crippen molar-refractivity contribution >= 4 is 31.2 Å². The standard InChI is InChI=1S/C12H21ClN4OSi/c1-5-17(9-18-6-7-19(2,3)4)12-10(14)11(13)15-8-16-12/h5,8H,1,6-7,9,14H2,2-4H3. The van der Waals surface area contributed by atoms with Crippen molar-refractivity contribution in [3.8, 4) is 0 Å². The Morgan fingerprint density at radius 3 is 2.74 bits per heavy atom. The van der Waals surface area contributed by atoms with E-state index in [9.17, 15) is 0 Å². The Kier molecular flexibility index (Phi) is 5.77. The monoisotopic (exact) mass is 300 g/mol. The fourth-order valence-corrected chi connectivity index (χ4v) is 2.22. The second-order valence-corrected chi connectivity index (χ2v) is 11.4. The number of halogens is 1. The third-order valence-corrected chi connectivity index (χ3v) is 4.54. The van der Waals surface area contributed by atoms with E-state index in [1.807, 2.05) is 0 Å². The van der Waals surface area contributed by atoms with Crippen molar-refractivity contribution in [1.82, 2.24) is 9.97 Å². The number of hydrogen-bond acceptors (Lipinski definition) is 5. The molecule has 1 aromatic rings. The lowest BCUT2D eigenvalue weighted by molar-refractivity contribution is 0.152. The van der Waals surface area contributed by atoms with Crippen LogP contribution in [0.5, 0.6) is 0 Å². The molecule has 5 nitrogen and oxygen atoms in total. The average Bonchev–Trinajstić information content (AvgIpc) is 2.32. The summed E-state index contributed by atoms with van der Waals surface area (Å²) in [6, 6.07) is 1.11. The van der Waals surface area contributed by atoms with Crippen LogP contribution in [0.1, 0.15) is 0 Å². The first-order valence-corrected chi connectivity index (χ1v) is 10.2. The number of nitrogens with zero attached hydrogens (tertiary/aromatic N) is 3. The summed E-state index contributed by atoms with van der Waals surface area (Å²) in [5.74, 6) is 0.517. The zero-order valence-corrected chi connectivity index (χ0v) is 13.4. The van der Waals surface area contributed by atoms with Crippen LogP contribution in [0.25, 0.3) is 0 Å². The molecule has 0 amide bonds. The Morgan fingerprint density at radius 1 is 1.47 bits per heavy atom. The third kappa shape index (κ3) is 5.18. The van der Waals surface area contributed by atoms with Gasteiger partial charge in [-0.25, -0.2) is 9.97 Å². The van der Waals surface area contributed by atoms with Gasteiger partial charge >= 0.3 is 0 Å². The molecular weight excluding hydrogens is 280 g/mol. The molecule has 0 bridgehead atoms. The van der Waals surface area contributed by atoms with E-state index in [1.165, 1.54) is 6.33 Å². The summed E-state index contributed by atoms with van der Waals surface area (Å²) in [4.78, 5) is 9.63. The Hall–Kier alpha value is -1.11. The lowest BCUT2D eigenvalue weighted by Crippen LogP contribution is -2.26. The molecule has 0 fully saturated rings. The van der Waals surface area contributed by atoms with Crippen LogP contribution in [-0.4, -0.2) is 31.4 Å². The molecule has 0 atom stereocenters. The van der Waals surface area contributed by atoms with Crippen molar-refractivity contribution < 1.29 is 4.74 Å². The van der Waals surface area contributed by atoms with E-state index in [0.29, 0.717) is 18.2 Å². The molecule has 7 heteroatoms.